The minimum atomic E-state index is -0.844. The summed E-state index contributed by atoms with van der Waals surface area (Å²) < 4.78 is 0. The van der Waals surface area contributed by atoms with Gasteiger partial charge in [0.15, 0.2) is 0 Å². The monoisotopic (exact) mass is 658 g/mol. The molecule has 0 fully saturated rings. The zero-order valence-electron chi connectivity index (χ0n) is 31.3. The molecule has 0 saturated heterocycles. The van der Waals surface area contributed by atoms with Crippen LogP contribution in [0.15, 0.2) is 48.6 Å². The molecular formula is C43H79NO3. The van der Waals surface area contributed by atoms with E-state index in [1.54, 1.807) is 6.08 Å². The highest BCUT2D eigenvalue weighted by Gasteiger charge is 2.17. The lowest BCUT2D eigenvalue weighted by Gasteiger charge is -2.20. The number of aliphatic hydroxyl groups excluding tert-OH is 2. The maximum atomic E-state index is 12.3. The van der Waals surface area contributed by atoms with Crippen molar-refractivity contribution in [2.45, 2.75) is 212 Å². The SMILES string of the molecule is CCCCCCC/C=C\C/C=C\C/C=C\CCCCCCCCC(=O)NC(CO)C(O)/C=C/CCCCCCCCCCCCCC. The highest BCUT2D eigenvalue weighted by Crippen LogP contribution is 2.13. The molecule has 0 aliphatic heterocycles. The van der Waals surface area contributed by atoms with Crippen LogP contribution in [0.5, 0.6) is 0 Å². The van der Waals surface area contributed by atoms with Crippen LogP contribution in [0.1, 0.15) is 200 Å². The van der Waals surface area contributed by atoms with Crippen LogP contribution in [-0.4, -0.2) is 34.9 Å². The number of nitrogens with one attached hydrogen (secondary N) is 1. The van der Waals surface area contributed by atoms with E-state index in [0.717, 1.165) is 51.4 Å². The third kappa shape index (κ3) is 35.5. The van der Waals surface area contributed by atoms with Gasteiger partial charge in [0.2, 0.25) is 5.91 Å². The van der Waals surface area contributed by atoms with Crippen LogP contribution in [0.25, 0.3) is 0 Å². The molecule has 0 aromatic rings. The van der Waals surface area contributed by atoms with Crippen LogP contribution >= 0.6 is 0 Å². The predicted octanol–water partition coefficient (Wildman–Crippen LogP) is 12.4. The Kier molecular flexibility index (Phi) is 37.4. The molecule has 0 aliphatic rings. The Bertz CT molecular complexity index is 756. The standard InChI is InChI=1S/C43H79NO3/c1-3-5-7-9-11-13-15-17-19-20-21-22-23-24-25-27-29-31-33-35-37-39-43(47)44-41(40-45)42(46)38-36-34-32-30-28-26-18-16-14-12-10-8-6-4-2/h15,17,20-21,23-24,36,38,41-42,45-46H,3-14,16,18-19,22,25-35,37,39-40H2,1-2H3,(H,44,47)/b17-15-,21-20-,24-23-,38-36+. The highest BCUT2D eigenvalue weighted by molar-refractivity contribution is 5.76. The van der Waals surface area contributed by atoms with Crippen molar-refractivity contribution in [3.8, 4) is 0 Å². The Balaban J connectivity index is 3.65. The summed E-state index contributed by atoms with van der Waals surface area (Å²) in [6.45, 7) is 4.28. The van der Waals surface area contributed by atoms with E-state index >= 15 is 0 Å². The molecule has 0 saturated carbocycles. The Morgan fingerprint density at radius 3 is 1.30 bits per heavy atom. The number of hydrogen-bond donors (Lipinski definition) is 3. The van der Waals surface area contributed by atoms with Crippen molar-refractivity contribution >= 4 is 5.91 Å². The topological polar surface area (TPSA) is 69.6 Å². The van der Waals surface area contributed by atoms with E-state index in [1.165, 1.54) is 128 Å². The quantitative estimate of drug-likeness (QED) is 0.0464. The first-order valence-corrected chi connectivity index (χ1v) is 20.4. The van der Waals surface area contributed by atoms with Gasteiger partial charge in [-0.3, -0.25) is 4.79 Å². The Labute approximate surface area is 293 Å². The Morgan fingerprint density at radius 2 is 0.872 bits per heavy atom. The number of carbonyl (C=O) groups is 1. The molecule has 0 bridgehead atoms. The molecule has 274 valence electrons. The summed E-state index contributed by atoms with van der Waals surface area (Å²) >= 11 is 0. The molecule has 0 rings (SSSR count). The molecule has 0 radical (unpaired) electrons. The second-order valence-electron chi connectivity index (χ2n) is 13.7. The molecular weight excluding hydrogens is 578 g/mol. The summed E-state index contributed by atoms with van der Waals surface area (Å²) in [6, 6.07) is -0.629. The van der Waals surface area contributed by atoms with Gasteiger partial charge in [0, 0.05) is 6.42 Å². The number of rotatable bonds is 36. The van der Waals surface area contributed by atoms with Gasteiger partial charge in [-0.2, -0.15) is 0 Å². The predicted molar refractivity (Wildman–Crippen MR) is 207 cm³/mol. The summed E-state index contributed by atoms with van der Waals surface area (Å²) in [7, 11) is 0. The van der Waals surface area contributed by atoms with Crippen molar-refractivity contribution in [1.29, 1.82) is 0 Å². The number of unbranched alkanes of at least 4 members (excludes halogenated alkanes) is 23. The summed E-state index contributed by atoms with van der Waals surface area (Å²) in [5.74, 6) is -0.0783. The average Bonchev–Trinajstić information content (AvgIpc) is 3.07. The van der Waals surface area contributed by atoms with Crippen molar-refractivity contribution in [3.05, 3.63) is 48.6 Å². The smallest absolute Gasteiger partial charge is 0.220 e. The third-order valence-electron chi connectivity index (χ3n) is 9.06. The molecule has 0 aromatic heterocycles. The van der Waals surface area contributed by atoms with Crippen molar-refractivity contribution < 1.29 is 15.0 Å². The molecule has 1 amide bonds. The van der Waals surface area contributed by atoms with E-state index in [-0.39, 0.29) is 12.5 Å². The molecule has 0 heterocycles. The van der Waals surface area contributed by atoms with Crippen LogP contribution in [0, 0.1) is 0 Å². The fraction of sp³-hybridized carbons (Fsp3) is 0.791. The summed E-state index contributed by atoms with van der Waals surface area (Å²) in [4.78, 5) is 12.3. The van der Waals surface area contributed by atoms with E-state index in [9.17, 15) is 15.0 Å². The molecule has 3 N–H and O–H groups in total. The lowest BCUT2D eigenvalue weighted by molar-refractivity contribution is -0.123. The molecule has 2 atom stereocenters. The average molecular weight is 658 g/mol. The first-order chi connectivity index (χ1) is 23.2. The molecule has 4 nitrogen and oxygen atoms in total. The first kappa shape index (κ1) is 45.3. The van der Waals surface area contributed by atoms with Crippen molar-refractivity contribution in [2.75, 3.05) is 6.61 Å². The second kappa shape index (κ2) is 38.8. The van der Waals surface area contributed by atoms with Crippen molar-refractivity contribution in [3.63, 3.8) is 0 Å². The van der Waals surface area contributed by atoms with E-state index < -0.39 is 12.1 Å². The van der Waals surface area contributed by atoms with Crippen LogP contribution in [0.2, 0.25) is 0 Å². The Morgan fingerprint density at radius 1 is 0.511 bits per heavy atom. The lowest BCUT2D eigenvalue weighted by atomic mass is 10.0. The zero-order valence-corrected chi connectivity index (χ0v) is 31.3. The fourth-order valence-electron chi connectivity index (χ4n) is 5.89. The molecule has 0 spiro atoms. The van der Waals surface area contributed by atoms with Crippen LogP contribution in [0.4, 0.5) is 0 Å². The van der Waals surface area contributed by atoms with Gasteiger partial charge in [-0.15, -0.1) is 0 Å². The first-order valence-electron chi connectivity index (χ1n) is 20.4. The fourth-order valence-corrected chi connectivity index (χ4v) is 5.89. The van der Waals surface area contributed by atoms with Gasteiger partial charge in [0.25, 0.3) is 0 Å². The van der Waals surface area contributed by atoms with Crippen molar-refractivity contribution in [1.82, 2.24) is 5.32 Å². The van der Waals surface area contributed by atoms with Gasteiger partial charge in [0.05, 0.1) is 18.8 Å². The second-order valence-corrected chi connectivity index (χ2v) is 13.7. The number of amides is 1. The van der Waals surface area contributed by atoms with E-state index in [4.69, 9.17) is 0 Å². The molecule has 0 aliphatic carbocycles. The molecule has 0 aromatic carbocycles. The van der Waals surface area contributed by atoms with Gasteiger partial charge in [0.1, 0.15) is 0 Å². The van der Waals surface area contributed by atoms with Crippen LogP contribution < -0.4 is 5.32 Å². The van der Waals surface area contributed by atoms with Gasteiger partial charge in [-0.05, 0) is 57.8 Å². The lowest BCUT2D eigenvalue weighted by Crippen LogP contribution is -2.45. The van der Waals surface area contributed by atoms with Crippen LogP contribution in [-0.2, 0) is 4.79 Å². The Hall–Kier alpha value is -1.65. The highest BCUT2D eigenvalue weighted by atomic mass is 16.3. The van der Waals surface area contributed by atoms with Gasteiger partial charge < -0.3 is 15.5 Å². The van der Waals surface area contributed by atoms with E-state index in [0.29, 0.717) is 6.42 Å². The maximum absolute atomic E-state index is 12.3. The number of aliphatic hydroxyl groups is 2. The largest absolute Gasteiger partial charge is 0.394 e. The van der Waals surface area contributed by atoms with E-state index in [1.807, 2.05) is 6.08 Å². The molecule has 2 unspecified atom stereocenters. The normalized spacial score (nSPS) is 13.5. The minimum absolute atomic E-state index is 0.0783. The van der Waals surface area contributed by atoms with Gasteiger partial charge in [-0.1, -0.05) is 184 Å². The summed E-state index contributed by atoms with van der Waals surface area (Å²) in [6.07, 6.45) is 52.0. The van der Waals surface area contributed by atoms with Gasteiger partial charge >= 0.3 is 0 Å². The summed E-state index contributed by atoms with van der Waals surface area (Å²) in [5, 5.41) is 22.9. The minimum Gasteiger partial charge on any atom is -0.394 e. The number of carbonyl (C=O) groups excluding carboxylic acids is 1. The molecule has 47 heavy (non-hydrogen) atoms. The zero-order chi connectivity index (χ0) is 34.3. The number of hydrogen-bond acceptors (Lipinski definition) is 3. The van der Waals surface area contributed by atoms with E-state index in [2.05, 4.69) is 55.6 Å². The third-order valence-corrected chi connectivity index (χ3v) is 9.06. The number of allylic oxidation sites excluding steroid dienone is 7. The van der Waals surface area contributed by atoms with Gasteiger partial charge in [-0.25, -0.2) is 0 Å². The molecule has 4 heteroatoms. The maximum Gasteiger partial charge on any atom is 0.220 e. The summed E-state index contributed by atoms with van der Waals surface area (Å²) in [5.41, 5.74) is 0. The van der Waals surface area contributed by atoms with Crippen molar-refractivity contribution in [2.24, 2.45) is 0 Å². The van der Waals surface area contributed by atoms with Crippen LogP contribution in [0.3, 0.4) is 0 Å².